The van der Waals surface area contributed by atoms with Crippen LogP contribution in [0.15, 0.2) is 18.2 Å². The molecule has 1 heterocycles. The van der Waals surface area contributed by atoms with Gasteiger partial charge in [-0.15, -0.1) is 11.8 Å². The maximum absolute atomic E-state index is 13.3. The van der Waals surface area contributed by atoms with E-state index in [4.69, 9.17) is 9.84 Å². The molecule has 90 valence electrons. The van der Waals surface area contributed by atoms with Crippen molar-refractivity contribution in [3.05, 3.63) is 35.1 Å². The molecule has 1 aliphatic rings. The van der Waals surface area contributed by atoms with Crippen molar-refractivity contribution in [3.63, 3.8) is 0 Å². The molecular formula is C13H13FO2S. The highest BCUT2D eigenvalue weighted by Gasteiger charge is 2.18. The Hall–Kier alpha value is -1.02. The quantitative estimate of drug-likeness (QED) is 0.832. The van der Waals surface area contributed by atoms with Crippen molar-refractivity contribution in [1.29, 1.82) is 0 Å². The average molecular weight is 252 g/mol. The van der Waals surface area contributed by atoms with Gasteiger partial charge < -0.3 is 9.84 Å². The van der Waals surface area contributed by atoms with Crippen molar-refractivity contribution in [1.82, 2.24) is 0 Å². The molecule has 1 aromatic carbocycles. The third-order valence-corrected chi connectivity index (χ3v) is 3.61. The van der Waals surface area contributed by atoms with Gasteiger partial charge in [-0.2, -0.15) is 0 Å². The lowest BCUT2D eigenvalue weighted by Crippen LogP contribution is -2.30. The number of hydrogen-bond acceptors (Lipinski definition) is 3. The normalized spacial score (nSPS) is 14.9. The third kappa shape index (κ3) is 3.74. The van der Waals surface area contributed by atoms with E-state index < -0.39 is 0 Å². The van der Waals surface area contributed by atoms with E-state index in [9.17, 15) is 4.39 Å². The zero-order chi connectivity index (χ0) is 12.1. The van der Waals surface area contributed by atoms with Crippen LogP contribution in [0.2, 0.25) is 0 Å². The van der Waals surface area contributed by atoms with Gasteiger partial charge in [-0.3, -0.25) is 0 Å². The van der Waals surface area contributed by atoms with Crippen molar-refractivity contribution >= 4 is 11.8 Å². The van der Waals surface area contributed by atoms with E-state index in [-0.39, 0.29) is 12.4 Å². The molecule has 1 aromatic rings. The van der Waals surface area contributed by atoms with E-state index in [2.05, 4.69) is 11.8 Å². The molecule has 0 saturated carbocycles. The van der Waals surface area contributed by atoms with Gasteiger partial charge in [0.2, 0.25) is 0 Å². The molecule has 1 fully saturated rings. The highest BCUT2D eigenvalue weighted by molar-refractivity contribution is 7.99. The monoisotopic (exact) mass is 252 g/mol. The molecular weight excluding hydrogens is 239 g/mol. The average Bonchev–Trinajstić information content (AvgIpc) is 2.23. The van der Waals surface area contributed by atoms with Crippen LogP contribution in [-0.2, 0) is 10.5 Å². The van der Waals surface area contributed by atoms with E-state index in [0.717, 1.165) is 24.5 Å². The summed E-state index contributed by atoms with van der Waals surface area (Å²) >= 11 is 1.77. The van der Waals surface area contributed by atoms with Crippen LogP contribution in [0.25, 0.3) is 0 Å². The van der Waals surface area contributed by atoms with Crippen LogP contribution < -0.4 is 0 Å². The molecule has 0 atom stereocenters. The fourth-order valence-electron chi connectivity index (χ4n) is 1.47. The van der Waals surface area contributed by atoms with E-state index in [1.807, 2.05) is 6.07 Å². The van der Waals surface area contributed by atoms with Crippen LogP contribution in [0.4, 0.5) is 4.39 Å². The Labute approximate surface area is 104 Å². The first-order valence-electron chi connectivity index (χ1n) is 5.36. The first kappa shape index (κ1) is 12.4. The summed E-state index contributed by atoms with van der Waals surface area (Å²) in [5.74, 6) is 5.72. The molecule has 0 bridgehead atoms. The number of thioether (sulfide) groups is 1. The summed E-state index contributed by atoms with van der Waals surface area (Å²) in [6, 6.07) is 4.76. The van der Waals surface area contributed by atoms with E-state index in [0.29, 0.717) is 10.8 Å². The predicted molar refractivity (Wildman–Crippen MR) is 66.3 cm³/mol. The second-order valence-electron chi connectivity index (χ2n) is 3.78. The van der Waals surface area contributed by atoms with Crippen molar-refractivity contribution in [2.45, 2.75) is 11.0 Å². The highest BCUT2D eigenvalue weighted by atomic mass is 32.2. The van der Waals surface area contributed by atoms with E-state index in [1.165, 1.54) is 12.1 Å². The Bertz CT molecular complexity index is 446. The van der Waals surface area contributed by atoms with Crippen molar-refractivity contribution < 1.29 is 14.2 Å². The molecule has 0 aliphatic carbocycles. The number of halogens is 1. The topological polar surface area (TPSA) is 29.5 Å². The number of aliphatic hydroxyl groups excluding tert-OH is 1. The zero-order valence-electron chi connectivity index (χ0n) is 9.28. The Balaban J connectivity index is 2.02. The van der Waals surface area contributed by atoms with Crippen LogP contribution in [0.1, 0.15) is 11.1 Å². The maximum atomic E-state index is 13.3. The van der Waals surface area contributed by atoms with Crippen LogP contribution in [0, 0.1) is 17.7 Å². The smallest absolute Gasteiger partial charge is 0.124 e. The molecule has 2 rings (SSSR count). The first-order chi connectivity index (χ1) is 8.28. The summed E-state index contributed by atoms with van der Waals surface area (Å²) in [4.78, 5) is 0. The van der Waals surface area contributed by atoms with Crippen LogP contribution >= 0.6 is 11.8 Å². The summed E-state index contributed by atoms with van der Waals surface area (Å²) in [5, 5.41) is 9.13. The molecule has 1 aliphatic heterocycles. The number of hydrogen-bond donors (Lipinski definition) is 1. The van der Waals surface area contributed by atoms with Crippen LogP contribution in [0.5, 0.6) is 0 Å². The van der Waals surface area contributed by atoms with Gasteiger partial charge >= 0.3 is 0 Å². The molecule has 1 N–H and O–H groups in total. The summed E-state index contributed by atoms with van der Waals surface area (Å²) in [5.41, 5.74) is 1.53. The fraction of sp³-hybridized carbons (Fsp3) is 0.385. The number of aliphatic hydroxyl groups is 1. The Morgan fingerprint density at radius 1 is 1.41 bits per heavy atom. The molecule has 0 unspecified atom stereocenters. The van der Waals surface area contributed by atoms with Crippen molar-refractivity contribution in [3.8, 4) is 11.8 Å². The Kier molecular flexibility index (Phi) is 4.43. The lowest BCUT2D eigenvalue weighted by atomic mass is 10.1. The van der Waals surface area contributed by atoms with Gasteiger partial charge in [-0.1, -0.05) is 11.8 Å². The van der Waals surface area contributed by atoms with Crippen LogP contribution in [-0.4, -0.2) is 30.2 Å². The summed E-state index contributed by atoms with van der Waals surface area (Å²) < 4.78 is 18.4. The van der Waals surface area contributed by atoms with Gasteiger partial charge in [0.05, 0.1) is 18.5 Å². The van der Waals surface area contributed by atoms with Gasteiger partial charge in [-0.05, 0) is 23.8 Å². The number of benzene rings is 1. The van der Waals surface area contributed by atoms with Crippen LogP contribution in [0.3, 0.4) is 0 Å². The second kappa shape index (κ2) is 6.06. The van der Waals surface area contributed by atoms with Gasteiger partial charge in [0.25, 0.3) is 0 Å². The molecule has 17 heavy (non-hydrogen) atoms. The Morgan fingerprint density at radius 3 is 2.88 bits per heavy atom. The predicted octanol–water partition coefficient (Wildman–Crippen LogP) is 1.80. The minimum absolute atomic E-state index is 0.208. The van der Waals surface area contributed by atoms with Gasteiger partial charge in [0, 0.05) is 11.3 Å². The first-order valence-corrected chi connectivity index (χ1v) is 6.41. The minimum atomic E-state index is -0.282. The largest absolute Gasteiger partial charge is 0.384 e. The SMILES string of the molecule is OCC#Cc1cc(F)cc(CSC2COC2)c1. The third-order valence-electron chi connectivity index (χ3n) is 2.36. The lowest BCUT2D eigenvalue weighted by molar-refractivity contribution is 0.0455. The lowest BCUT2D eigenvalue weighted by Gasteiger charge is -2.25. The molecule has 4 heteroatoms. The molecule has 0 amide bonds. The standard InChI is InChI=1S/C13H13FO2S/c14-12-5-10(2-1-3-15)4-11(6-12)9-17-13-7-16-8-13/h4-6,13,15H,3,7-9H2. The fourth-order valence-corrected chi connectivity index (χ4v) is 2.45. The minimum Gasteiger partial charge on any atom is -0.384 e. The second-order valence-corrected chi connectivity index (χ2v) is 5.07. The van der Waals surface area contributed by atoms with Gasteiger partial charge in [-0.25, -0.2) is 4.39 Å². The molecule has 1 saturated heterocycles. The summed E-state index contributed by atoms with van der Waals surface area (Å²) in [6.07, 6.45) is 0. The van der Waals surface area contributed by atoms with E-state index in [1.54, 1.807) is 11.8 Å². The van der Waals surface area contributed by atoms with Crippen molar-refractivity contribution in [2.24, 2.45) is 0 Å². The molecule has 2 nitrogen and oxygen atoms in total. The maximum Gasteiger partial charge on any atom is 0.124 e. The summed E-state index contributed by atoms with van der Waals surface area (Å²) in [6.45, 7) is 1.37. The molecule has 0 aromatic heterocycles. The Morgan fingerprint density at radius 2 is 2.24 bits per heavy atom. The van der Waals surface area contributed by atoms with Gasteiger partial charge in [0.1, 0.15) is 12.4 Å². The van der Waals surface area contributed by atoms with Crippen molar-refractivity contribution in [2.75, 3.05) is 19.8 Å². The highest BCUT2D eigenvalue weighted by Crippen LogP contribution is 2.24. The summed E-state index contributed by atoms with van der Waals surface area (Å²) in [7, 11) is 0. The van der Waals surface area contributed by atoms with Gasteiger partial charge in [0.15, 0.2) is 0 Å². The molecule has 0 radical (unpaired) electrons. The van der Waals surface area contributed by atoms with E-state index >= 15 is 0 Å². The molecule has 0 spiro atoms. The zero-order valence-corrected chi connectivity index (χ0v) is 10.1. The number of ether oxygens (including phenoxy) is 1. The number of rotatable bonds is 3.